The number of thioether (sulfide) groups is 1. The molecule has 4 nitrogen and oxygen atoms in total. The Hall–Kier alpha value is -0.240. The Labute approximate surface area is 126 Å². The number of hydrogen-bond acceptors (Lipinski definition) is 5. The van der Waals surface area contributed by atoms with E-state index in [2.05, 4.69) is 15.9 Å². The number of hydrogen-bond donors (Lipinski definition) is 1. The van der Waals surface area contributed by atoms with Crippen molar-refractivity contribution in [3.05, 3.63) is 28.2 Å². The summed E-state index contributed by atoms with van der Waals surface area (Å²) in [5.74, 6) is 1.61. The monoisotopic (exact) mass is 364 g/mol. The molecule has 1 aliphatic rings. The van der Waals surface area contributed by atoms with Crippen LogP contribution in [0, 0.1) is 0 Å². The van der Waals surface area contributed by atoms with Crippen LogP contribution in [0.4, 0.5) is 5.69 Å². The second kappa shape index (κ2) is 6.03. The van der Waals surface area contributed by atoms with Crippen LogP contribution in [0.25, 0.3) is 0 Å². The second-order valence-corrected chi connectivity index (χ2v) is 8.99. The standard InChI is InChI=1S/C12H17BrN2O2S2/c1-19(16,17)12-8-18-3-2-15(12)7-9-4-10(13)6-11(14)5-9/h4-6,12H,2-3,7-8,14H2,1H3. The summed E-state index contributed by atoms with van der Waals surface area (Å²) in [6.07, 6.45) is 1.31. The van der Waals surface area contributed by atoms with E-state index in [1.54, 1.807) is 11.8 Å². The highest BCUT2D eigenvalue weighted by Gasteiger charge is 2.30. The summed E-state index contributed by atoms with van der Waals surface area (Å²) in [5.41, 5.74) is 7.54. The summed E-state index contributed by atoms with van der Waals surface area (Å²) in [7, 11) is -3.05. The van der Waals surface area contributed by atoms with Crippen molar-refractivity contribution in [2.45, 2.75) is 11.9 Å². The van der Waals surface area contributed by atoms with E-state index in [9.17, 15) is 8.42 Å². The third kappa shape index (κ3) is 4.11. The molecule has 1 unspecified atom stereocenters. The lowest BCUT2D eigenvalue weighted by Gasteiger charge is -2.34. The molecule has 0 spiro atoms. The number of nitrogens with zero attached hydrogens (tertiary/aromatic N) is 1. The lowest BCUT2D eigenvalue weighted by atomic mass is 10.2. The van der Waals surface area contributed by atoms with Crippen LogP contribution in [-0.4, -0.2) is 43.0 Å². The zero-order valence-corrected chi connectivity index (χ0v) is 13.9. The van der Waals surface area contributed by atoms with Gasteiger partial charge in [0.15, 0.2) is 9.84 Å². The maximum Gasteiger partial charge on any atom is 0.164 e. The van der Waals surface area contributed by atoms with Crippen molar-refractivity contribution in [3.8, 4) is 0 Å². The molecule has 1 atom stereocenters. The zero-order chi connectivity index (χ0) is 14.0. The van der Waals surface area contributed by atoms with Gasteiger partial charge in [-0.05, 0) is 23.8 Å². The highest BCUT2D eigenvalue weighted by molar-refractivity contribution is 9.10. The van der Waals surface area contributed by atoms with Crippen molar-refractivity contribution in [1.82, 2.24) is 4.90 Å². The molecule has 0 radical (unpaired) electrons. The van der Waals surface area contributed by atoms with Gasteiger partial charge in [0.05, 0.1) is 0 Å². The van der Waals surface area contributed by atoms with Crippen LogP contribution in [0.5, 0.6) is 0 Å². The number of nitrogen functional groups attached to an aromatic ring is 1. The van der Waals surface area contributed by atoms with Gasteiger partial charge in [-0.2, -0.15) is 11.8 Å². The summed E-state index contributed by atoms with van der Waals surface area (Å²) in [6.45, 7) is 1.40. The van der Waals surface area contributed by atoms with E-state index in [0.717, 1.165) is 22.3 Å². The van der Waals surface area contributed by atoms with Crippen LogP contribution in [0.15, 0.2) is 22.7 Å². The molecule has 0 saturated carbocycles. The van der Waals surface area contributed by atoms with Crippen LogP contribution in [0.1, 0.15) is 5.56 Å². The molecule has 7 heteroatoms. The Bertz CT molecular complexity index is 543. The molecule has 1 aromatic carbocycles. The van der Waals surface area contributed by atoms with Gasteiger partial charge in [-0.15, -0.1) is 0 Å². The first-order valence-electron chi connectivity index (χ1n) is 5.92. The van der Waals surface area contributed by atoms with Gasteiger partial charge in [0.1, 0.15) is 5.37 Å². The first-order chi connectivity index (χ1) is 8.86. The molecular weight excluding hydrogens is 348 g/mol. The van der Waals surface area contributed by atoms with Crippen molar-refractivity contribution < 1.29 is 8.42 Å². The molecule has 0 aromatic heterocycles. The maximum atomic E-state index is 11.8. The van der Waals surface area contributed by atoms with E-state index in [-0.39, 0.29) is 0 Å². The SMILES string of the molecule is CS(=O)(=O)C1CSCCN1Cc1cc(N)cc(Br)c1. The number of benzene rings is 1. The van der Waals surface area contributed by atoms with E-state index >= 15 is 0 Å². The normalized spacial score (nSPS) is 21.5. The van der Waals surface area contributed by atoms with E-state index in [1.165, 1.54) is 6.26 Å². The molecule has 0 bridgehead atoms. The molecule has 1 fully saturated rings. The van der Waals surface area contributed by atoms with Crippen LogP contribution < -0.4 is 5.73 Å². The molecule has 2 rings (SSSR count). The molecule has 1 saturated heterocycles. The zero-order valence-electron chi connectivity index (χ0n) is 10.7. The topological polar surface area (TPSA) is 63.4 Å². The predicted octanol–water partition coefficient (Wildman–Crippen LogP) is 1.95. The van der Waals surface area contributed by atoms with E-state index in [1.807, 2.05) is 23.1 Å². The highest BCUT2D eigenvalue weighted by Crippen LogP contribution is 2.24. The molecule has 1 aliphatic heterocycles. The lowest BCUT2D eigenvalue weighted by molar-refractivity contribution is 0.262. The molecule has 106 valence electrons. The minimum atomic E-state index is -3.05. The number of sulfone groups is 1. The number of halogens is 1. The quantitative estimate of drug-likeness (QED) is 0.830. The van der Waals surface area contributed by atoms with Crippen molar-refractivity contribution in [3.63, 3.8) is 0 Å². The smallest absolute Gasteiger partial charge is 0.164 e. The third-order valence-corrected chi connectivity index (χ3v) is 6.20. The van der Waals surface area contributed by atoms with E-state index in [0.29, 0.717) is 18.0 Å². The van der Waals surface area contributed by atoms with Gasteiger partial charge < -0.3 is 5.73 Å². The highest BCUT2D eigenvalue weighted by atomic mass is 79.9. The van der Waals surface area contributed by atoms with Crippen molar-refractivity contribution >= 4 is 43.2 Å². The predicted molar refractivity (Wildman–Crippen MR) is 84.9 cm³/mol. The van der Waals surface area contributed by atoms with Gasteiger partial charge in [-0.25, -0.2) is 8.42 Å². The molecule has 1 aromatic rings. The van der Waals surface area contributed by atoms with E-state index < -0.39 is 15.2 Å². The Balaban J connectivity index is 2.20. The summed E-state index contributed by atoms with van der Waals surface area (Å²) in [5, 5.41) is -0.397. The number of anilines is 1. The van der Waals surface area contributed by atoms with Gasteiger partial charge in [-0.1, -0.05) is 15.9 Å². The van der Waals surface area contributed by atoms with E-state index in [4.69, 9.17) is 5.73 Å². The van der Waals surface area contributed by atoms with Crippen LogP contribution >= 0.6 is 27.7 Å². The summed E-state index contributed by atoms with van der Waals surface area (Å²) < 4.78 is 24.6. The van der Waals surface area contributed by atoms with Crippen molar-refractivity contribution in [1.29, 1.82) is 0 Å². The molecule has 1 heterocycles. The Morgan fingerprint density at radius 2 is 2.21 bits per heavy atom. The van der Waals surface area contributed by atoms with Gasteiger partial charge in [-0.3, -0.25) is 4.90 Å². The van der Waals surface area contributed by atoms with Crippen LogP contribution in [0.3, 0.4) is 0 Å². The average Bonchev–Trinajstić information content (AvgIpc) is 2.26. The van der Waals surface area contributed by atoms with Crippen molar-refractivity contribution in [2.24, 2.45) is 0 Å². The third-order valence-electron chi connectivity index (χ3n) is 3.05. The van der Waals surface area contributed by atoms with Gasteiger partial charge >= 0.3 is 0 Å². The van der Waals surface area contributed by atoms with Crippen LogP contribution in [0.2, 0.25) is 0 Å². The average molecular weight is 365 g/mol. The first-order valence-corrected chi connectivity index (χ1v) is 9.82. The number of nitrogens with two attached hydrogens (primary N) is 1. The minimum Gasteiger partial charge on any atom is -0.399 e. The Kier molecular flexibility index (Phi) is 4.81. The fourth-order valence-electron chi connectivity index (χ4n) is 2.19. The molecule has 0 aliphatic carbocycles. The molecule has 2 N–H and O–H groups in total. The first kappa shape index (κ1) is 15.2. The summed E-state index contributed by atoms with van der Waals surface area (Å²) in [6, 6.07) is 5.72. The van der Waals surface area contributed by atoms with Gasteiger partial charge in [0, 0.05) is 41.0 Å². The fourth-order valence-corrected chi connectivity index (χ4v) is 5.69. The van der Waals surface area contributed by atoms with Gasteiger partial charge in [0.2, 0.25) is 0 Å². The Morgan fingerprint density at radius 1 is 1.47 bits per heavy atom. The Morgan fingerprint density at radius 3 is 2.84 bits per heavy atom. The largest absolute Gasteiger partial charge is 0.399 e. The van der Waals surface area contributed by atoms with Gasteiger partial charge in [0.25, 0.3) is 0 Å². The fraction of sp³-hybridized carbons (Fsp3) is 0.500. The maximum absolute atomic E-state index is 11.8. The summed E-state index contributed by atoms with van der Waals surface area (Å²) >= 11 is 5.11. The molecule has 19 heavy (non-hydrogen) atoms. The van der Waals surface area contributed by atoms with Crippen LogP contribution in [-0.2, 0) is 16.4 Å². The molecule has 0 amide bonds. The lowest BCUT2D eigenvalue weighted by Crippen LogP contribution is -2.46. The van der Waals surface area contributed by atoms with Crippen molar-refractivity contribution in [2.75, 3.05) is 30.0 Å². The second-order valence-electron chi connectivity index (χ2n) is 4.72. The molecular formula is C12H17BrN2O2S2. The summed E-state index contributed by atoms with van der Waals surface area (Å²) in [4.78, 5) is 2.02. The number of rotatable bonds is 3. The minimum absolute atomic E-state index is 0.397.